The topological polar surface area (TPSA) is 49.3 Å². The number of hydrogen-bond donors (Lipinski definition) is 2. The fourth-order valence-electron chi connectivity index (χ4n) is 3.32. The lowest BCUT2D eigenvalue weighted by Gasteiger charge is -2.19. The molecule has 1 amide bonds. The van der Waals surface area contributed by atoms with Crippen LogP contribution in [0.2, 0.25) is 0 Å². The van der Waals surface area contributed by atoms with Gasteiger partial charge in [0.15, 0.2) is 0 Å². The monoisotopic (exact) mass is 329 g/mol. The maximum atomic E-state index is 12.5. The number of phenols is 1. The molecule has 0 radical (unpaired) electrons. The lowest BCUT2D eigenvalue weighted by molar-refractivity contribution is 0.102. The van der Waals surface area contributed by atoms with E-state index in [1.54, 1.807) is 17.4 Å². The van der Waals surface area contributed by atoms with Crippen LogP contribution in [0.3, 0.4) is 0 Å². The number of aryl methyl sites for hydroxylation is 2. The van der Waals surface area contributed by atoms with E-state index in [1.165, 1.54) is 37.0 Å². The van der Waals surface area contributed by atoms with Gasteiger partial charge in [-0.05, 0) is 55.9 Å². The molecule has 1 fully saturated rings. The third kappa shape index (κ3) is 3.58. The highest BCUT2D eigenvalue weighted by molar-refractivity contribution is 7.10. The lowest BCUT2D eigenvalue weighted by atomic mass is 9.88. The number of amides is 1. The average molecular weight is 329 g/mol. The molecule has 1 heterocycles. The van der Waals surface area contributed by atoms with Gasteiger partial charge >= 0.3 is 0 Å². The molecule has 1 aromatic heterocycles. The van der Waals surface area contributed by atoms with Gasteiger partial charge < -0.3 is 10.4 Å². The summed E-state index contributed by atoms with van der Waals surface area (Å²) in [6, 6.07) is 5.72. The summed E-state index contributed by atoms with van der Waals surface area (Å²) < 4.78 is 0. The van der Waals surface area contributed by atoms with Crippen LogP contribution >= 0.6 is 11.3 Å². The van der Waals surface area contributed by atoms with Gasteiger partial charge in [-0.1, -0.05) is 25.3 Å². The lowest BCUT2D eigenvalue weighted by Crippen LogP contribution is -2.11. The molecule has 3 rings (SSSR count). The third-order valence-electron chi connectivity index (χ3n) is 4.58. The normalized spacial score (nSPS) is 15.6. The van der Waals surface area contributed by atoms with Crippen molar-refractivity contribution in [1.29, 1.82) is 0 Å². The number of thiophene rings is 1. The Hall–Kier alpha value is -1.81. The van der Waals surface area contributed by atoms with E-state index in [1.807, 2.05) is 31.4 Å². The summed E-state index contributed by atoms with van der Waals surface area (Å²) >= 11 is 1.68. The van der Waals surface area contributed by atoms with E-state index < -0.39 is 0 Å². The van der Waals surface area contributed by atoms with Gasteiger partial charge in [-0.25, -0.2) is 0 Å². The van der Waals surface area contributed by atoms with Crippen LogP contribution in [-0.2, 0) is 0 Å². The van der Waals surface area contributed by atoms with E-state index in [2.05, 4.69) is 5.32 Å². The Morgan fingerprint density at radius 1 is 1.17 bits per heavy atom. The van der Waals surface area contributed by atoms with E-state index in [0.717, 1.165) is 11.1 Å². The number of hydrogen-bond acceptors (Lipinski definition) is 3. The Labute approximate surface area is 141 Å². The smallest absolute Gasteiger partial charge is 0.256 e. The Bertz CT molecular complexity index is 714. The number of phenolic OH excluding ortho intramolecular Hbond substituents is 1. The van der Waals surface area contributed by atoms with Crippen LogP contribution in [0.5, 0.6) is 5.75 Å². The molecule has 4 heteroatoms. The van der Waals surface area contributed by atoms with Crippen molar-refractivity contribution in [3.63, 3.8) is 0 Å². The number of rotatable bonds is 3. The number of anilines is 1. The molecule has 0 spiro atoms. The maximum absolute atomic E-state index is 12.5. The molecule has 0 aliphatic heterocycles. The number of carbonyl (C=O) groups excluding carboxylic acids is 1. The molecular weight excluding hydrogens is 306 g/mol. The zero-order chi connectivity index (χ0) is 16.4. The Morgan fingerprint density at radius 2 is 1.91 bits per heavy atom. The molecule has 1 aliphatic rings. The van der Waals surface area contributed by atoms with E-state index >= 15 is 0 Å². The minimum absolute atomic E-state index is 0.145. The minimum atomic E-state index is -0.149. The summed E-state index contributed by atoms with van der Waals surface area (Å²) in [6.45, 7) is 3.79. The van der Waals surface area contributed by atoms with Gasteiger partial charge in [0.25, 0.3) is 5.91 Å². The van der Waals surface area contributed by atoms with Crippen LogP contribution in [0.25, 0.3) is 0 Å². The van der Waals surface area contributed by atoms with Gasteiger partial charge in [-0.3, -0.25) is 4.79 Å². The van der Waals surface area contributed by atoms with Crippen LogP contribution in [0, 0.1) is 13.8 Å². The zero-order valence-electron chi connectivity index (χ0n) is 13.7. The van der Waals surface area contributed by atoms with Gasteiger partial charge in [0.1, 0.15) is 5.75 Å². The molecule has 0 bridgehead atoms. The molecule has 3 nitrogen and oxygen atoms in total. The molecular formula is C19H23NO2S. The van der Waals surface area contributed by atoms with E-state index in [-0.39, 0.29) is 11.7 Å². The first-order chi connectivity index (χ1) is 11.0. The highest BCUT2D eigenvalue weighted by Crippen LogP contribution is 2.36. The summed E-state index contributed by atoms with van der Waals surface area (Å²) in [5.74, 6) is 0.611. The summed E-state index contributed by atoms with van der Waals surface area (Å²) in [6.07, 6.45) is 6.39. The first-order valence-electron chi connectivity index (χ1n) is 8.24. The van der Waals surface area contributed by atoms with Crippen LogP contribution in [0.15, 0.2) is 23.6 Å². The maximum Gasteiger partial charge on any atom is 0.256 e. The second-order valence-corrected chi connectivity index (χ2v) is 7.45. The number of carbonyl (C=O) groups is 1. The molecule has 1 aromatic carbocycles. The van der Waals surface area contributed by atoms with E-state index in [0.29, 0.717) is 17.2 Å². The van der Waals surface area contributed by atoms with Gasteiger partial charge in [0.05, 0.1) is 11.3 Å². The van der Waals surface area contributed by atoms with Crippen molar-refractivity contribution in [2.24, 2.45) is 0 Å². The first kappa shape index (κ1) is 16.1. The third-order valence-corrected chi connectivity index (χ3v) is 5.68. The molecule has 2 aromatic rings. The molecule has 0 atom stereocenters. The first-order valence-corrected chi connectivity index (χ1v) is 9.12. The largest absolute Gasteiger partial charge is 0.505 e. The van der Waals surface area contributed by atoms with Crippen LogP contribution in [0.4, 0.5) is 5.69 Å². The molecule has 1 saturated carbocycles. The molecule has 2 N–H and O–H groups in total. The quantitative estimate of drug-likeness (QED) is 0.744. The predicted octanol–water partition coefficient (Wildman–Crippen LogP) is 5.37. The van der Waals surface area contributed by atoms with Crippen molar-refractivity contribution in [3.8, 4) is 5.75 Å². The van der Waals surface area contributed by atoms with Gasteiger partial charge in [0, 0.05) is 10.3 Å². The molecule has 0 saturated heterocycles. The summed E-state index contributed by atoms with van der Waals surface area (Å²) in [5.41, 5.74) is 2.96. The van der Waals surface area contributed by atoms with Crippen molar-refractivity contribution >= 4 is 22.9 Å². The predicted molar refractivity (Wildman–Crippen MR) is 95.7 cm³/mol. The average Bonchev–Trinajstić information content (AvgIpc) is 3.03. The summed E-state index contributed by atoms with van der Waals surface area (Å²) in [7, 11) is 0. The standard InChI is InChI=1S/C19H23NO2S/c1-12-8-13(2)18(21)16(9-12)20-19(22)15-10-17(23-11-15)14-6-4-3-5-7-14/h8-11,14,21H,3-7H2,1-2H3,(H,20,22). The van der Waals surface area contributed by atoms with Crippen molar-refractivity contribution in [2.45, 2.75) is 51.9 Å². The fraction of sp³-hybridized carbons (Fsp3) is 0.421. The van der Waals surface area contributed by atoms with Gasteiger partial charge in [0.2, 0.25) is 0 Å². The van der Waals surface area contributed by atoms with Crippen molar-refractivity contribution in [2.75, 3.05) is 5.32 Å². The second-order valence-electron chi connectivity index (χ2n) is 6.50. The Morgan fingerprint density at radius 3 is 2.65 bits per heavy atom. The Balaban J connectivity index is 1.75. The van der Waals surface area contributed by atoms with E-state index in [9.17, 15) is 9.90 Å². The number of benzene rings is 1. The van der Waals surface area contributed by atoms with Crippen molar-refractivity contribution in [3.05, 3.63) is 45.1 Å². The van der Waals surface area contributed by atoms with Crippen molar-refractivity contribution in [1.82, 2.24) is 0 Å². The van der Waals surface area contributed by atoms with Crippen molar-refractivity contribution < 1.29 is 9.90 Å². The summed E-state index contributed by atoms with van der Waals surface area (Å²) in [4.78, 5) is 13.8. The molecule has 23 heavy (non-hydrogen) atoms. The van der Waals surface area contributed by atoms with E-state index in [4.69, 9.17) is 0 Å². The molecule has 0 unspecified atom stereocenters. The molecule has 1 aliphatic carbocycles. The summed E-state index contributed by atoms with van der Waals surface area (Å²) in [5, 5.41) is 14.9. The van der Waals surface area contributed by atoms with Crippen LogP contribution in [0.1, 0.15) is 64.4 Å². The number of nitrogens with one attached hydrogen (secondary N) is 1. The van der Waals surface area contributed by atoms with Gasteiger partial charge in [-0.2, -0.15) is 0 Å². The minimum Gasteiger partial charge on any atom is -0.505 e. The highest BCUT2D eigenvalue weighted by atomic mass is 32.1. The SMILES string of the molecule is Cc1cc(C)c(O)c(NC(=O)c2csc(C3CCCCC3)c2)c1. The highest BCUT2D eigenvalue weighted by Gasteiger charge is 2.19. The second kappa shape index (κ2) is 6.75. The van der Waals surface area contributed by atoms with Gasteiger partial charge in [-0.15, -0.1) is 11.3 Å². The fourth-order valence-corrected chi connectivity index (χ4v) is 4.38. The molecule has 122 valence electrons. The van der Waals surface area contributed by atoms with Crippen LogP contribution < -0.4 is 5.32 Å². The van der Waals surface area contributed by atoms with Crippen LogP contribution in [-0.4, -0.2) is 11.0 Å². The zero-order valence-corrected chi connectivity index (χ0v) is 14.5. The Kier molecular flexibility index (Phi) is 4.71. The number of aromatic hydroxyl groups is 1.